The van der Waals surface area contributed by atoms with Gasteiger partial charge in [-0.05, 0) is 122 Å². The minimum Gasteiger partial charge on any atom is -0.497 e. The second-order valence-corrected chi connectivity index (χ2v) is 16.2. The Morgan fingerprint density at radius 2 is 1.13 bits per heavy atom. The van der Waals surface area contributed by atoms with Crippen molar-refractivity contribution >= 4 is 33.2 Å². The monoisotopic (exact) mass is 728 g/mol. The van der Waals surface area contributed by atoms with Gasteiger partial charge in [-0.2, -0.15) is 0 Å². The number of piperidine rings is 6. The molecule has 8 heterocycles. The molecular weight excluding hydrogens is 677 g/mol. The predicted octanol–water partition coefficient (Wildman–Crippen LogP) is 6.94. The smallest absolute Gasteiger partial charge is 0.253 e. The van der Waals surface area contributed by atoms with E-state index in [4.69, 9.17) is 19.4 Å². The molecule has 0 amide bonds. The van der Waals surface area contributed by atoms with Crippen LogP contribution in [0, 0.1) is 23.7 Å². The van der Waals surface area contributed by atoms with E-state index < -0.39 is 10.9 Å². The van der Waals surface area contributed by atoms with Crippen LogP contribution in [0.2, 0.25) is 0 Å². The molecule has 6 aliphatic rings. The normalized spacial score (nSPS) is 28.7. The van der Waals surface area contributed by atoms with Gasteiger partial charge in [-0.15, -0.1) is 0 Å². The summed E-state index contributed by atoms with van der Waals surface area (Å²) in [5.74, 6) is 4.13. The molecule has 0 aliphatic carbocycles. The van der Waals surface area contributed by atoms with Crippen molar-refractivity contribution in [3.8, 4) is 11.5 Å². The minimum atomic E-state index is -0.461. The third kappa shape index (κ3) is 5.93. The van der Waals surface area contributed by atoms with E-state index in [-0.39, 0.29) is 24.2 Å². The van der Waals surface area contributed by atoms with Gasteiger partial charge in [0.2, 0.25) is 0 Å². The number of aromatic nitrogens is 2. The van der Waals surface area contributed by atoms with Crippen LogP contribution >= 0.6 is 0 Å². The number of anilines is 2. The molecule has 3 aromatic carbocycles. The first-order valence-electron chi connectivity index (χ1n) is 20.1. The van der Waals surface area contributed by atoms with Crippen LogP contribution in [0.15, 0.2) is 70.5 Å². The number of methoxy groups -OCH3 is 2. The lowest BCUT2D eigenvalue weighted by atomic mass is 9.72. The quantitative estimate of drug-likeness (QED) is 0.131. The molecule has 4 bridgehead atoms. The van der Waals surface area contributed by atoms with E-state index >= 15 is 0 Å². The molecule has 6 fully saturated rings. The molecule has 11 rings (SSSR count). The van der Waals surface area contributed by atoms with Gasteiger partial charge in [-0.3, -0.25) is 29.4 Å². The number of nitrogens with zero attached hydrogens (tertiary/aromatic N) is 4. The number of nitrogens with one attached hydrogen (secondary N) is 2. The molecule has 10 atom stereocenters. The number of rotatable bonds is 12. The zero-order valence-corrected chi connectivity index (χ0v) is 31.9. The van der Waals surface area contributed by atoms with Crippen LogP contribution in [0.1, 0.15) is 75.6 Å². The summed E-state index contributed by atoms with van der Waals surface area (Å²) in [5.41, 5.74) is 3.72. The Bertz CT molecular complexity index is 2090. The molecule has 282 valence electrons. The summed E-state index contributed by atoms with van der Waals surface area (Å²) >= 11 is 0. The van der Waals surface area contributed by atoms with Crippen LogP contribution in [-0.4, -0.2) is 72.3 Å². The van der Waals surface area contributed by atoms with Crippen LogP contribution in [0.5, 0.6) is 11.5 Å². The Kier molecular flexibility index (Phi) is 9.30. The zero-order valence-electron chi connectivity index (χ0n) is 31.9. The Labute approximate surface area is 317 Å². The summed E-state index contributed by atoms with van der Waals surface area (Å²) in [6, 6.07) is 15.9. The van der Waals surface area contributed by atoms with Crippen LogP contribution in [0.3, 0.4) is 0 Å². The number of pyridine rings is 2. The van der Waals surface area contributed by atoms with Gasteiger partial charge in [0.25, 0.3) is 10.9 Å². The molecule has 5 aromatic rings. The van der Waals surface area contributed by atoms with Gasteiger partial charge < -0.3 is 20.1 Å². The van der Waals surface area contributed by atoms with Gasteiger partial charge in [0.1, 0.15) is 22.9 Å². The fourth-order valence-electron chi connectivity index (χ4n) is 10.8. The molecule has 6 aliphatic heterocycles. The largest absolute Gasteiger partial charge is 0.497 e. The molecule has 0 spiro atoms. The fraction of sp³-hybridized carbons (Fsp3) is 0.500. The molecule has 3 unspecified atom stereocenters. The summed E-state index contributed by atoms with van der Waals surface area (Å²) in [4.78, 5) is 42.3. The van der Waals surface area contributed by atoms with Crippen molar-refractivity contribution in [1.82, 2.24) is 19.8 Å². The predicted molar refractivity (Wildman–Crippen MR) is 214 cm³/mol. The maximum Gasteiger partial charge on any atom is 0.253 e. The molecule has 0 radical (unpaired) electrons. The maximum atomic E-state index is 13.9. The van der Waals surface area contributed by atoms with E-state index in [0.717, 1.165) is 83.5 Å². The first-order valence-corrected chi connectivity index (χ1v) is 20.1. The summed E-state index contributed by atoms with van der Waals surface area (Å²) in [6.45, 7) is 8.77. The van der Waals surface area contributed by atoms with Gasteiger partial charge in [0.15, 0.2) is 0 Å². The van der Waals surface area contributed by atoms with Crippen molar-refractivity contribution < 1.29 is 9.47 Å². The van der Waals surface area contributed by atoms with E-state index in [2.05, 4.69) is 46.4 Å². The Hall–Kier alpha value is -4.54. The number of hydrogen-bond donors (Lipinski definition) is 2. The van der Waals surface area contributed by atoms with Gasteiger partial charge >= 0.3 is 0 Å². The lowest BCUT2D eigenvalue weighted by Crippen LogP contribution is -2.57. The molecule has 10 nitrogen and oxygen atoms in total. The third-order valence-corrected chi connectivity index (χ3v) is 13.8. The van der Waals surface area contributed by atoms with Gasteiger partial charge in [-0.25, -0.2) is 0 Å². The van der Waals surface area contributed by atoms with Crippen LogP contribution in [0.25, 0.3) is 21.8 Å². The van der Waals surface area contributed by atoms with E-state index in [9.17, 15) is 9.59 Å². The van der Waals surface area contributed by atoms with Gasteiger partial charge in [-0.1, -0.05) is 26.7 Å². The number of benzene rings is 2. The first kappa shape index (κ1) is 35.2. The Morgan fingerprint density at radius 1 is 0.685 bits per heavy atom. The van der Waals surface area contributed by atoms with Crippen molar-refractivity contribution in [3.05, 3.63) is 92.5 Å². The molecule has 6 saturated heterocycles. The van der Waals surface area contributed by atoms with Crippen molar-refractivity contribution in [2.45, 2.75) is 76.5 Å². The molecule has 10 heteroatoms. The van der Waals surface area contributed by atoms with E-state index in [0.29, 0.717) is 35.0 Å². The first-order chi connectivity index (χ1) is 26.4. The van der Waals surface area contributed by atoms with E-state index in [1.807, 2.05) is 48.8 Å². The highest BCUT2D eigenvalue weighted by atomic mass is 16.5. The summed E-state index contributed by atoms with van der Waals surface area (Å²) < 4.78 is 11.3. The van der Waals surface area contributed by atoms with E-state index in [1.165, 1.54) is 25.7 Å². The molecular formula is C44H52N6O4. The van der Waals surface area contributed by atoms with Crippen molar-refractivity contribution in [3.63, 3.8) is 0 Å². The summed E-state index contributed by atoms with van der Waals surface area (Å²) in [5, 5.41) is 9.53. The maximum absolute atomic E-state index is 13.9. The Morgan fingerprint density at radius 3 is 1.50 bits per heavy atom. The SMILES string of the molecule is CC[C@H]1CN2CCC1C[C@H]2[C@@H](Nc1c(N[C@@H](c2ccnc3ccc(OC)cc23)[C@@H]2C[C@@H]3CCN2C[C@@H]3CC)c(=O)c1=O)c1ccnc2ccc(OC)cc12. The van der Waals surface area contributed by atoms with Gasteiger partial charge in [0.05, 0.1) is 37.3 Å². The van der Waals surface area contributed by atoms with Crippen molar-refractivity contribution in [2.75, 3.05) is 51.0 Å². The van der Waals surface area contributed by atoms with E-state index in [1.54, 1.807) is 14.2 Å². The molecule has 2 aromatic heterocycles. The second kappa shape index (κ2) is 14.3. The third-order valence-electron chi connectivity index (χ3n) is 13.8. The summed E-state index contributed by atoms with van der Waals surface area (Å²) in [6.07, 6.45) is 10.5. The molecule has 54 heavy (non-hydrogen) atoms. The van der Waals surface area contributed by atoms with Crippen molar-refractivity contribution in [1.29, 1.82) is 0 Å². The molecule has 0 saturated carbocycles. The van der Waals surface area contributed by atoms with Crippen LogP contribution in [-0.2, 0) is 0 Å². The minimum absolute atomic E-state index is 0.152. The topological polar surface area (TPSA) is 109 Å². The van der Waals surface area contributed by atoms with Crippen LogP contribution in [0.4, 0.5) is 11.4 Å². The number of hydrogen-bond acceptors (Lipinski definition) is 10. The number of fused-ring (bicyclic) bond motifs is 8. The zero-order chi connectivity index (χ0) is 37.1. The molecule has 2 N–H and O–H groups in total. The van der Waals surface area contributed by atoms with Crippen molar-refractivity contribution in [2.24, 2.45) is 23.7 Å². The fourth-order valence-corrected chi connectivity index (χ4v) is 10.8. The highest BCUT2D eigenvalue weighted by Gasteiger charge is 2.46. The average Bonchev–Trinajstić information content (AvgIpc) is 3.24. The average molecular weight is 729 g/mol. The highest BCUT2D eigenvalue weighted by Crippen LogP contribution is 2.47. The highest BCUT2D eigenvalue weighted by molar-refractivity contribution is 5.86. The lowest BCUT2D eigenvalue weighted by Gasteiger charge is -2.53. The second-order valence-electron chi connectivity index (χ2n) is 16.2. The van der Waals surface area contributed by atoms with Gasteiger partial charge in [0, 0.05) is 48.3 Å². The Balaban J connectivity index is 1.14. The lowest BCUT2D eigenvalue weighted by molar-refractivity contribution is -0.00812. The van der Waals surface area contributed by atoms with Crippen LogP contribution < -0.4 is 31.0 Å². The standard InChI is InChI=1S/C44H52N6O4/c1-5-25-23-49-17-13-27(25)19-37(49)39(31-11-15-45-35-9-7-29(53-3)21-33(31)35)47-41-42(44(52)43(41)51)48-40(38-20-28-14-18-50(38)24-26(28)6-2)32-12-16-46-36-10-8-30(54-4)22-34(32)36/h7-12,15-16,21-22,25-28,37-40,47-48H,5-6,13-14,17-20,23-24H2,1-4H3/t25-,26-,27-,28?,37-,38-,39-,40-/m0/s1. The number of ether oxygens (including phenoxy) is 2. The summed E-state index contributed by atoms with van der Waals surface area (Å²) in [7, 11) is 3.36.